The molecule has 2 amide bonds. The Morgan fingerprint density at radius 1 is 0.765 bits per heavy atom. The van der Waals surface area contributed by atoms with Gasteiger partial charge in [0.25, 0.3) is 5.91 Å². The van der Waals surface area contributed by atoms with Gasteiger partial charge in [-0.2, -0.15) is 0 Å². The molecule has 0 radical (unpaired) electrons. The maximum atomic E-state index is 12.7. The molecule has 3 aromatic rings. The van der Waals surface area contributed by atoms with Crippen LogP contribution in [0, 0.1) is 6.92 Å². The van der Waals surface area contributed by atoms with Gasteiger partial charge in [-0.1, -0.05) is 35.9 Å². The lowest BCUT2D eigenvalue weighted by Crippen LogP contribution is -2.17. The molecule has 34 heavy (non-hydrogen) atoms. The van der Waals surface area contributed by atoms with Crippen LogP contribution in [0.1, 0.15) is 36.2 Å². The highest BCUT2D eigenvalue weighted by Gasteiger charge is 2.17. The predicted molar refractivity (Wildman–Crippen MR) is 133 cm³/mol. The van der Waals surface area contributed by atoms with E-state index in [9.17, 15) is 9.59 Å². The summed E-state index contributed by atoms with van der Waals surface area (Å²) in [6.45, 7) is 6.71. The van der Waals surface area contributed by atoms with Crippen LogP contribution < -0.4 is 24.8 Å². The maximum Gasteiger partial charge on any atom is 0.255 e. The number of carbonyl (C=O) groups is 2. The highest BCUT2D eigenvalue weighted by Crippen LogP contribution is 2.37. The van der Waals surface area contributed by atoms with Crippen molar-refractivity contribution in [2.24, 2.45) is 0 Å². The van der Waals surface area contributed by atoms with Gasteiger partial charge in [0.15, 0.2) is 0 Å². The monoisotopic (exact) mass is 462 g/mol. The van der Waals surface area contributed by atoms with E-state index in [2.05, 4.69) is 10.6 Å². The fraction of sp³-hybridized carbons (Fsp3) is 0.259. The van der Waals surface area contributed by atoms with Crippen LogP contribution >= 0.6 is 0 Å². The largest absolute Gasteiger partial charge is 0.493 e. The summed E-state index contributed by atoms with van der Waals surface area (Å²) < 4.78 is 17.1. The Morgan fingerprint density at radius 2 is 1.35 bits per heavy atom. The third-order valence-corrected chi connectivity index (χ3v) is 4.86. The van der Waals surface area contributed by atoms with E-state index >= 15 is 0 Å². The Balaban J connectivity index is 1.72. The average Bonchev–Trinajstić information content (AvgIpc) is 2.83. The topological polar surface area (TPSA) is 85.9 Å². The number of hydrogen-bond acceptors (Lipinski definition) is 5. The fourth-order valence-corrected chi connectivity index (χ4v) is 3.20. The lowest BCUT2D eigenvalue weighted by atomic mass is 10.2. The highest BCUT2D eigenvalue weighted by molar-refractivity contribution is 6.05. The molecule has 0 atom stereocenters. The van der Waals surface area contributed by atoms with Crippen LogP contribution in [-0.4, -0.2) is 31.6 Å². The number of amides is 2. The normalized spacial score (nSPS) is 10.3. The number of carbonyl (C=O) groups excluding carboxylic acids is 2. The maximum absolute atomic E-state index is 12.7. The summed E-state index contributed by atoms with van der Waals surface area (Å²) in [5, 5.41) is 5.74. The molecule has 0 aliphatic rings. The second-order valence-electron chi connectivity index (χ2n) is 7.49. The Hall–Kier alpha value is -4.00. The number of hydrogen-bond donors (Lipinski definition) is 2. The molecular formula is C27H30N2O5. The zero-order valence-corrected chi connectivity index (χ0v) is 19.7. The third-order valence-electron chi connectivity index (χ3n) is 4.86. The summed E-state index contributed by atoms with van der Waals surface area (Å²) in [7, 11) is 0. The minimum absolute atomic E-state index is 0.163. The fourth-order valence-electron chi connectivity index (χ4n) is 3.20. The number of rotatable bonds is 11. The van der Waals surface area contributed by atoms with Gasteiger partial charge in [-0.25, -0.2) is 0 Å². The van der Waals surface area contributed by atoms with E-state index in [0.717, 1.165) is 5.56 Å². The Labute approximate surface area is 200 Å². The smallest absolute Gasteiger partial charge is 0.255 e. The molecule has 0 saturated carbocycles. The summed E-state index contributed by atoms with van der Waals surface area (Å²) in [6.07, 6.45) is 0.163. The number of benzene rings is 3. The van der Waals surface area contributed by atoms with Crippen LogP contribution in [0.4, 0.5) is 11.4 Å². The second kappa shape index (κ2) is 12.3. The van der Waals surface area contributed by atoms with Crippen molar-refractivity contribution < 1.29 is 23.8 Å². The average molecular weight is 463 g/mol. The molecule has 2 N–H and O–H groups in total. The number of anilines is 2. The standard InChI is InChI=1S/C27H30N2O5/c1-4-32-24-18-23(29-27(31)20-9-7-6-8-10-20)25(33-5-2)17-22(24)28-26(30)15-16-34-21-13-11-19(3)12-14-21/h6-14,17-18H,4-5,15-16H2,1-3H3,(H,28,30)(H,29,31). The summed E-state index contributed by atoms with van der Waals surface area (Å²) in [6, 6.07) is 19.9. The highest BCUT2D eigenvalue weighted by atomic mass is 16.5. The first-order valence-electron chi connectivity index (χ1n) is 11.3. The van der Waals surface area contributed by atoms with Gasteiger partial charge in [0.05, 0.1) is 37.6 Å². The van der Waals surface area contributed by atoms with Gasteiger partial charge in [0.1, 0.15) is 17.2 Å². The van der Waals surface area contributed by atoms with Crippen molar-refractivity contribution in [3.63, 3.8) is 0 Å². The van der Waals surface area contributed by atoms with E-state index in [1.165, 1.54) is 0 Å². The summed E-state index contributed by atoms with van der Waals surface area (Å²) in [5.74, 6) is 1.08. The zero-order valence-electron chi connectivity index (χ0n) is 19.7. The molecule has 3 aromatic carbocycles. The molecule has 3 rings (SSSR count). The van der Waals surface area contributed by atoms with Crippen molar-refractivity contribution in [2.75, 3.05) is 30.5 Å². The first-order valence-corrected chi connectivity index (χ1v) is 11.3. The molecule has 178 valence electrons. The van der Waals surface area contributed by atoms with Crippen LogP contribution in [0.2, 0.25) is 0 Å². The molecule has 0 spiro atoms. The Kier molecular flexibility index (Phi) is 8.91. The van der Waals surface area contributed by atoms with Gasteiger partial charge in [-0.05, 0) is 45.0 Å². The lowest BCUT2D eigenvalue weighted by molar-refractivity contribution is -0.116. The van der Waals surface area contributed by atoms with Gasteiger partial charge in [-0.3, -0.25) is 9.59 Å². The van der Waals surface area contributed by atoms with Crippen LogP contribution in [0.25, 0.3) is 0 Å². The zero-order chi connectivity index (χ0) is 24.3. The lowest BCUT2D eigenvalue weighted by Gasteiger charge is -2.18. The molecule has 7 nitrogen and oxygen atoms in total. The molecule has 0 unspecified atom stereocenters. The predicted octanol–water partition coefficient (Wildman–Crippen LogP) is 5.45. The quantitative estimate of drug-likeness (QED) is 0.396. The van der Waals surface area contributed by atoms with E-state index in [1.807, 2.05) is 51.1 Å². The SMILES string of the molecule is CCOc1cc(NC(=O)c2ccccc2)c(OCC)cc1NC(=O)CCOc1ccc(C)cc1. The second-order valence-corrected chi connectivity index (χ2v) is 7.49. The molecule has 0 heterocycles. The van der Waals surface area contributed by atoms with Crippen LogP contribution in [0.15, 0.2) is 66.7 Å². The Morgan fingerprint density at radius 3 is 1.94 bits per heavy atom. The molecule has 0 saturated heterocycles. The number of nitrogens with one attached hydrogen (secondary N) is 2. The van der Waals surface area contributed by atoms with E-state index < -0.39 is 0 Å². The van der Waals surface area contributed by atoms with Crippen molar-refractivity contribution in [2.45, 2.75) is 27.2 Å². The molecular weight excluding hydrogens is 432 g/mol. The molecule has 0 aliphatic carbocycles. The van der Waals surface area contributed by atoms with Crippen molar-refractivity contribution >= 4 is 23.2 Å². The molecule has 0 aromatic heterocycles. The number of aryl methyl sites for hydroxylation is 1. The first-order chi connectivity index (χ1) is 16.5. The van der Waals surface area contributed by atoms with Crippen molar-refractivity contribution in [3.8, 4) is 17.2 Å². The summed E-state index contributed by atoms with van der Waals surface area (Å²) in [5.41, 5.74) is 2.58. The van der Waals surface area contributed by atoms with Gasteiger partial charge in [0, 0.05) is 17.7 Å². The minimum Gasteiger partial charge on any atom is -0.493 e. The first kappa shape index (κ1) is 24.6. The van der Waals surface area contributed by atoms with Gasteiger partial charge in [-0.15, -0.1) is 0 Å². The van der Waals surface area contributed by atoms with Gasteiger partial charge < -0.3 is 24.8 Å². The van der Waals surface area contributed by atoms with E-state index in [1.54, 1.807) is 36.4 Å². The molecule has 7 heteroatoms. The molecule has 0 bridgehead atoms. The third kappa shape index (κ3) is 7.00. The molecule has 0 fully saturated rings. The van der Waals surface area contributed by atoms with E-state index in [4.69, 9.17) is 14.2 Å². The van der Waals surface area contributed by atoms with Crippen LogP contribution in [0.3, 0.4) is 0 Å². The Bertz CT molecular complexity index is 1100. The molecule has 0 aliphatic heterocycles. The van der Waals surface area contributed by atoms with E-state index in [-0.39, 0.29) is 24.8 Å². The van der Waals surface area contributed by atoms with Crippen molar-refractivity contribution in [1.29, 1.82) is 0 Å². The van der Waals surface area contributed by atoms with Gasteiger partial charge in [0.2, 0.25) is 5.91 Å². The minimum atomic E-state index is -0.269. The summed E-state index contributed by atoms with van der Waals surface area (Å²) >= 11 is 0. The van der Waals surface area contributed by atoms with Crippen molar-refractivity contribution in [3.05, 3.63) is 77.9 Å². The van der Waals surface area contributed by atoms with Crippen molar-refractivity contribution in [1.82, 2.24) is 0 Å². The number of ether oxygens (including phenoxy) is 3. The summed E-state index contributed by atoms with van der Waals surface area (Å²) in [4.78, 5) is 25.2. The van der Waals surface area contributed by atoms with Crippen LogP contribution in [0.5, 0.6) is 17.2 Å². The van der Waals surface area contributed by atoms with E-state index in [0.29, 0.717) is 47.4 Å². The van der Waals surface area contributed by atoms with Gasteiger partial charge >= 0.3 is 0 Å². The van der Waals surface area contributed by atoms with Crippen LogP contribution in [-0.2, 0) is 4.79 Å².